The topological polar surface area (TPSA) is 64.8 Å². The second kappa shape index (κ2) is 9.70. The zero-order valence-corrected chi connectivity index (χ0v) is 15.8. The molecule has 26 heavy (non-hydrogen) atoms. The van der Waals surface area contributed by atoms with Crippen molar-refractivity contribution in [2.24, 2.45) is 0 Å². The smallest absolute Gasteiger partial charge is 0.222 e. The number of nitrogen functional groups attached to an aromatic ring is 1. The van der Waals surface area contributed by atoms with Gasteiger partial charge in [-0.3, -0.25) is 4.79 Å². The van der Waals surface area contributed by atoms with Crippen molar-refractivity contribution in [3.05, 3.63) is 53.6 Å². The number of carbonyl (C=O) groups excluding carboxylic acids is 1. The fraction of sp³-hybridized carbons (Fsp3) is 0.381. The monoisotopic (exact) mass is 356 g/mol. The van der Waals surface area contributed by atoms with Crippen LogP contribution < -0.4 is 15.2 Å². The molecular weight excluding hydrogens is 328 g/mol. The molecule has 0 bridgehead atoms. The van der Waals surface area contributed by atoms with E-state index < -0.39 is 0 Å². The van der Waals surface area contributed by atoms with E-state index in [9.17, 15) is 4.79 Å². The number of nitrogens with two attached hydrogens (primary N) is 1. The zero-order valence-electron chi connectivity index (χ0n) is 15.8. The third-order valence-electron chi connectivity index (χ3n) is 4.38. The lowest BCUT2D eigenvalue weighted by atomic mass is 10.1. The molecule has 0 saturated heterocycles. The summed E-state index contributed by atoms with van der Waals surface area (Å²) in [6.07, 6.45) is 3.38. The molecule has 2 aromatic carbocycles. The van der Waals surface area contributed by atoms with Crippen molar-refractivity contribution < 1.29 is 14.3 Å². The number of hydrogen-bond acceptors (Lipinski definition) is 4. The largest absolute Gasteiger partial charge is 0.493 e. The lowest BCUT2D eigenvalue weighted by molar-refractivity contribution is -0.130. The standard InChI is InChI=1S/C21H28N2O3/c1-23(15-17-10-13-19(25-2)20(14-17)26-3)21(24)7-5-4-6-16-8-11-18(22)12-9-16/h8-14H,4-7,15,22H2,1-3H3. The maximum Gasteiger partial charge on any atom is 0.222 e. The van der Waals surface area contributed by atoms with Gasteiger partial charge in [0.05, 0.1) is 14.2 Å². The molecule has 0 spiro atoms. The van der Waals surface area contributed by atoms with E-state index in [4.69, 9.17) is 15.2 Å². The molecule has 0 unspecified atom stereocenters. The van der Waals surface area contributed by atoms with Gasteiger partial charge in [0.25, 0.3) is 0 Å². The van der Waals surface area contributed by atoms with E-state index in [2.05, 4.69) is 0 Å². The number of ether oxygens (including phenoxy) is 2. The Morgan fingerprint density at radius 3 is 2.27 bits per heavy atom. The Morgan fingerprint density at radius 1 is 0.962 bits per heavy atom. The van der Waals surface area contributed by atoms with Crippen molar-refractivity contribution in [2.75, 3.05) is 27.0 Å². The molecule has 5 heteroatoms. The summed E-state index contributed by atoms with van der Waals surface area (Å²) in [5.41, 5.74) is 8.73. The van der Waals surface area contributed by atoms with Gasteiger partial charge in [-0.15, -0.1) is 0 Å². The van der Waals surface area contributed by atoms with Gasteiger partial charge in [-0.05, 0) is 54.7 Å². The van der Waals surface area contributed by atoms with Gasteiger partial charge in [0.1, 0.15) is 0 Å². The Hall–Kier alpha value is -2.69. The summed E-state index contributed by atoms with van der Waals surface area (Å²) in [7, 11) is 5.05. The van der Waals surface area contributed by atoms with Gasteiger partial charge < -0.3 is 20.1 Å². The molecular formula is C21H28N2O3. The van der Waals surface area contributed by atoms with Gasteiger partial charge in [0, 0.05) is 25.7 Å². The van der Waals surface area contributed by atoms with Gasteiger partial charge in [-0.1, -0.05) is 18.2 Å². The van der Waals surface area contributed by atoms with Crippen LogP contribution in [-0.4, -0.2) is 32.1 Å². The Morgan fingerprint density at radius 2 is 1.62 bits per heavy atom. The molecule has 0 fully saturated rings. The molecule has 0 aliphatic heterocycles. The maximum absolute atomic E-state index is 12.3. The van der Waals surface area contributed by atoms with Gasteiger partial charge in [-0.2, -0.15) is 0 Å². The van der Waals surface area contributed by atoms with Crippen LogP contribution in [0.25, 0.3) is 0 Å². The van der Waals surface area contributed by atoms with Gasteiger partial charge in [0.15, 0.2) is 11.5 Å². The molecule has 5 nitrogen and oxygen atoms in total. The minimum absolute atomic E-state index is 0.150. The number of anilines is 1. The quantitative estimate of drug-likeness (QED) is 0.550. The normalized spacial score (nSPS) is 10.4. The van der Waals surface area contributed by atoms with Crippen LogP contribution in [0.15, 0.2) is 42.5 Å². The number of aryl methyl sites for hydroxylation is 1. The molecule has 2 N–H and O–H groups in total. The number of rotatable bonds is 9. The fourth-order valence-corrected chi connectivity index (χ4v) is 2.82. The first-order chi connectivity index (χ1) is 12.5. The molecule has 0 saturated carbocycles. The van der Waals surface area contributed by atoms with E-state index in [-0.39, 0.29) is 5.91 Å². The predicted molar refractivity (Wildman–Crippen MR) is 104 cm³/mol. The summed E-state index contributed by atoms with van der Waals surface area (Å²) in [4.78, 5) is 14.1. The maximum atomic E-state index is 12.3. The van der Waals surface area contributed by atoms with Crippen LogP contribution in [-0.2, 0) is 17.8 Å². The Balaban J connectivity index is 1.77. The summed E-state index contributed by atoms with van der Waals surface area (Å²) >= 11 is 0. The molecule has 0 aliphatic carbocycles. The van der Waals surface area contributed by atoms with E-state index in [1.54, 1.807) is 19.1 Å². The van der Waals surface area contributed by atoms with E-state index in [0.717, 1.165) is 30.5 Å². The first kappa shape index (κ1) is 19.6. The van der Waals surface area contributed by atoms with Gasteiger partial charge >= 0.3 is 0 Å². The van der Waals surface area contributed by atoms with Crippen LogP contribution in [0, 0.1) is 0 Å². The van der Waals surface area contributed by atoms with Gasteiger partial charge in [0.2, 0.25) is 5.91 Å². The highest BCUT2D eigenvalue weighted by molar-refractivity contribution is 5.75. The molecule has 0 heterocycles. The SMILES string of the molecule is COc1ccc(CN(C)C(=O)CCCCc2ccc(N)cc2)cc1OC. The minimum Gasteiger partial charge on any atom is -0.493 e. The van der Waals surface area contributed by atoms with Crippen molar-refractivity contribution in [3.63, 3.8) is 0 Å². The summed E-state index contributed by atoms with van der Waals surface area (Å²) < 4.78 is 10.6. The average molecular weight is 356 g/mol. The molecule has 0 aliphatic rings. The number of unbranched alkanes of at least 4 members (excludes halogenated alkanes) is 1. The summed E-state index contributed by atoms with van der Waals surface area (Å²) in [5, 5.41) is 0. The van der Waals surface area contributed by atoms with Crippen LogP contribution >= 0.6 is 0 Å². The number of benzene rings is 2. The lowest BCUT2D eigenvalue weighted by Gasteiger charge is -2.18. The summed E-state index contributed by atoms with van der Waals surface area (Å²) in [5.74, 6) is 1.51. The van der Waals surface area contributed by atoms with Crippen molar-refractivity contribution in [1.29, 1.82) is 0 Å². The highest BCUT2D eigenvalue weighted by Gasteiger charge is 2.11. The van der Waals surface area contributed by atoms with Crippen molar-refractivity contribution in [1.82, 2.24) is 4.90 Å². The molecule has 0 atom stereocenters. The van der Waals surface area contributed by atoms with Crippen molar-refractivity contribution in [2.45, 2.75) is 32.2 Å². The van der Waals surface area contributed by atoms with Crippen molar-refractivity contribution in [3.8, 4) is 11.5 Å². The third kappa shape index (κ3) is 5.69. The molecule has 0 aromatic heterocycles. The number of amides is 1. The minimum atomic E-state index is 0.150. The van der Waals surface area contributed by atoms with E-state index in [1.165, 1.54) is 5.56 Å². The van der Waals surface area contributed by atoms with Crippen LogP contribution in [0.5, 0.6) is 11.5 Å². The number of hydrogen-bond donors (Lipinski definition) is 1. The Kier molecular flexibility index (Phi) is 7.33. The van der Waals surface area contributed by atoms with Crippen LogP contribution in [0.1, 0.15) is 30.4 Å². The summed E-state index contributed by atoms with van der Waals surface area (Å²) in [6, 6.07) is 13.6. The number of methoxy groups -OCH3 is 2. The number of nitrogens with zero attached hydrogens (tertiary/aromatic N) is 1. The highest BCUT2D eigenvalue weighted by Crippen LogP contribution is 2.28. The predicted octanol–water partition coefficient (Wildman–Crippen LogP) is 3.66. The van der Waals surface area contributed by atoms with Crippen molar-refractivity contribution >= 4 is 11.6 Å². The lowest BCUT2D eigenvalue weighted by Crippen LogP contribution is -2.25. The van der Waals surface area contributed by atoms with E-state index in [1.807, 2.05) is 49.5 Å². The second-order valence-electron chi connectivity index (χ2n) is 6.39. The van der Waals surface area contributed by atoms with E-state index in [0.29, 0.717) is 24.5 Å². The molecule has 2 aromatic rings. The molecule has 1 amide bonds. The third-order valence-corrected chi connectivity index (χ3v) is 4.38. The van der Waals surface area contributed by atoms with Crippen LogP contribution in [0.3, 0.4) is 0 Å². The molecule has 140 valence electrons. The Bertz CT molecular complexity index is 714. The van der Waals surface area contributed by atoms with Crippen LogP contribution in [0.2, 0.25) is 0 Å². The first-order valence-corrected chi connectivity index (χ1v) is 8.82. The summed E-state index contributed by atoms with van der Waals surface area (Å²) in [6.45, 7) is 0.553. The molecule has 2 rings (SSSR count). The fourth-order valence-electron chi connectivity index (χ4n) is 2.82. The highest BCUT2D eigenvalue weighted by atomic mass is 16.5. The zero-order chi connectivity index (χ0) is 18.9. The van der Waals surface area contributed by atoms with Gasteiger partial charge in [-0.25, -0.2) is 0 Å². The van der Waals surface area contributed by atoms with Crippen LogP contribution in [0.4, 0.5) is 5.69 Å². The number of carbonyl (C=O) groups is 1. The average Bonchev–Trinajstić information content (AvgIpc) is 2.66. The van der Waals surface area contributed by atoms with E-state index >= 15 is 0 Å². The second-order valence-corrected chi connectivity index (χ2v) is 6.39. The molecule has 0 radical (unpaired) electrons. The first-order valence-electron chi connectivity index (χ1n) is 8.82. The Labute approximate surface area is 155 Å².